The van der Waals surface area contributed by atoms with Crippen LogP contribution in [-0.4, -0.2) is 26.8 Å². The monoisotopic (exact) mass is 552 g/mol. The number of benzene rings is 4. The predicted octanol–water partition coefficient (Wildman–Crippen LogP) is 5.79. The Morgan fingerprint density at radius 3 is 2.08 bits per heavy atom. The van der Waals surface area contributed by atoms with Crippen molar-refractivity contribution in [2.75, 3.05) is 6.61 Å². The largest absolute Gasteiger partial charge is 0.490 e. The van der Waals surface area contributed by atoms with E-state index in [1.807, 2.05) is 60.7 Å². The van der Waals surface area contributed by atoms with Crippen molar-refractivity contribution in [1.82, 2.24) is 9.13 Å². The molecule has 8 heteroatoms. The molecule has 1 N–H and O–H groups in total. The van der Waals surface area contributed by atoms with Gasteiger partial charge in [-0.25, -0.2) is 9.59 Å². The number of fused-ring (bicyclic) bond motifs is 1. The molecule has 5 rings (SSSR count). The second kappa shape index (κ2) is 11.9. The van der Waals surface area contributed by atoms with Gasteiger partial charge in [0.05, 0.1) is 22.5 Å². The maximum atomic E-state index is 14.0. The van der Waals surface area contributed by atoms with Gasteiger partial charge in [-0.2, -0.15) is 0 Å². The van der Waals surface area contributed by atoms with Crippen LogP contribution < -0.4 is 16.0 Å². The Morgan fingerprint density at radius 1 is 0.850 bits per heavy atom. The molecule has 1 heterocycles. The predicted molar refractivity (Wildman–Crippen MR) is 156 cm³/mol. The zero-order valence-electron chi connectivity index (χ0n) is 21.3. The summed E-state index contributed by atoms with van der Waals surface area (Å²) in [6.45, 7) is 0.211. The van der Waals surface area contributed by atoms with E-state index in [4.69, 9.17) is 21.4 Å². The molecule has 0 bridgehead atoms. The van der Waals surface area contributed by atoms with Crippen LogP contribution in [0.5, 0.6) is 5.75 Å². The first-order valence-electron chi connectivity index (χ1n) is 12.6. The zero-order valence-corrected chi connectivity index (χ0v) is 22.1. The molecule has 0 saturated heterocycles. The van der Waals surface area contributed by atoms with Crippen LogP contribution in [0.15, 0.2) is 125 Å². The van der Waals surface area contributed by atoms with Crippen molar-refractivity contribution in [3.05, 3.63) is 158 Å². The number of carboxylic acid groups (broad SMARTS) is 1. The molecule has 0 aliphatic rings. The molecule has 0 aliphatic heterocycles. The Balaban J connectivity index is 1.53. The summed E-state index contributed by atoms with van der Waals surface area (Å²) in [7, 11) is 0. The van der Waals surface area contributed by atoms with E-state index in [1.54, 1.807) is 47.1 Å². The van der Waals surface area contributed by atoms with Gasteiger partial charge in [0.1, 0.15) is 12.4 Å². The van der Waals surface area contributed by atoms with Crippen molar-refractivity contribution in [3.63, 3.8) is 0 Å². The lowest BCUT2D eigenvalue weighted by Gasteiger charge is -2.24. The number of carboxylic acids is 1. The first kappa shape index (κ1) is 26.7. The molecule has 0 unspecified atom stereocenters. The highest BCUT2D eigenvalue weighted by Gasteiger charge is 2.23. The summed E-state index contributed by atoms with van der Waals surface area (Å²) < 4.78 is 8.46. The fraction of sp³-hybridized carbons (Fsp3) is 0.0938. The van der Waals surface area contributed by atoms with E-state index in [0.717, 1.165) is 11.1 Å². The van der Waals surface area contributed by atoms with E-state index in [-0.39, 0.29) is 18.7 Å². The lowest BCUT2D eigenvalue weighted by Crippen LogP contribution is -2.41. The Kier molecular flexibility index (Phi) is 7.94. The van der Waals surface area contributed by atoms with Crippen LogP contribution >= 0.6 is 11.6 Å². The third kappa shape index (κ3) is 5.60. The minimum Gasteiger partial charge on any atom is -0.490 e. The second-order valence-electron chi connectivity index (χ2n) is 9.07. The van der Waals surface area contributed by atoms with E-state index < -0.39 is 23.3 Å². The number of allylic oxidation sites excluding steroid dienone is 1. The van der Waals surface area contributed by atoms with Gasteiger partial charge < -0.3 is 9.84 Å². The van der Waals surface area contributed by atoms with Gasteiger partial charge >= 0.3 is 11.7 Å². The minimum atomic E-state index is -1.01. The molecule has 0 fully saturated rings. The summed E-state index contributed by atoms with van der Waals surface area (Å²) in [6, 6.07) is 29.8. The van der Waals surface area contributed by atoms with Gasteiger partial charge in [0.15, 0.2) is 0 Å². The van der Waals surface area contributed by atoms with Gasteiger partial charge in [-0.05, 0) is 59.7 Å². The standard InChI is InChI=1S/C32H25ClN2O5/c33-25-15-18-27-28(21-25)35(29(22-9-3-1-4-10-22)23-11-5-2-6-12-23)32(39)34(30(27)36)19-7-8-20-40-26-16-13-24(14-17-26)31(37)38/h1-18,21,29H,19-20H2,(H,37,38)/b8-7+. The normalized spacial score (nSPS) is 11.3. The van der Waals surface area contributed by atoms with Crippen LogP contribution in [0.25, 0.3) is 10.9 Å². The lowest BCUT2D eigenvalue weighted by molar-refractivity contribution is 0.0697. The summed E-state index contributed by atoms with van der Waals surface area (Å²) in [6.07, 6.45) is 3.40. The Labute approximate surface area is 234 Å². The van der Waals surface area contributed by atoms with Crippen LogP contribution in [0.2, 0.25) is 5.02 Å². The van der Waals surface area contributed by atoms with Crippen LogP contribution in [0.4, 0.5) is 0 Å². The molecular formula is C32H25ClN2O5. The van der Waals surface area contributed by atoms with Crippen LogP contribution in [-0.2, 0) is 6.54 Å². The van der Waals surface area contributed by atoms with E-state index in [2.05, 4.69) is 0 Å². The number of halogens is 1. The number of aromatic nitrogens is 2. The smallest absolute Gasteiger partial charge is 0.335 e. The maximum absolute atomic E-state index is 14.0. The summed E-state index contributed by atoms with van der Waals surface area (Å²) in [5, 5.41) is 9.83. The third-order valence-corrected chi connectivity index (χ3v) is 6.76. The second-order valence-corrected chi connectivity index (χ2v) is 9.50. The van der Waals surface area contributed by atoms with E-state index >= 15 is 0 Å². The fourth-order valence-electron chi connectivity index (χ4n) is 4.61. The van der Waals surface area contributed by atoms with Gasteiger partial charge in [-0.15, -0.1) is 0 Å². The van der Waals surface area contributed by atoms with Crippen molar-refractivity contribution in [3.8, 4) is 5.75 Å². The van der Waals surface area contributed by atoms with Crippen LogP contribution in [0.3, 0.4) is 0 Å². The highest BCUT2D eigenvalue weighted by Crippen LogP contribution is 2.29. The molecule has 0 spiro atoms. The topological polar surface area (TPSA) is 90.5 Å². The molecule has 0 radical (unpaired) electrons. The first-order chi connectivity index (χ1) is 19.4. The number of rotatable bonds is 9. The van der Waals surface area contributed by atoms with Crippen molar-refractivity contribution >= 4 is 28.5 Å². The zero-order chi connectivity index (χ0) is 28.1. The number of hydrogen-bond acceptors (Lipinski definition) is 4. The van der Waals surface area contributed by atoms with Crippen molar-refractivity contribution in [1.29, 1.82) is 0 Å². The van der Waals surface area contributed by atoms with Crippen molar-refractivity contribution < 1.29 is 14.6 Å². The molecule has 1 aromatic heterocycles. The molecular weight excluding hydrogens is 528 g/mol. The van der Waals surface area contributed by atoms with Crippen molar-refractivity contribution in [2.24, 2.45) is 0 Å². The molecule has 5 aromatic rings. The molecule has 200 valence electrons. The van der Waals surface area contributed by atoms with E-state index in [1.165, 1.54) is 16.7 Å². The third-order valence-electron chi connectivity index (χ3n) is 6.52. The van der Waals surface area contributed by atoms with E-state index in [9.17, 15) is 14.4 Å². The van der Waals surface area contributed by atoms with Crippen LogP contribution in [0.1, 0.15) is 27.5 Å². The van der Waals surface area contributed by atoms with Gasteiger partial charge in [0, 0.05) is 11.6 Å². The molecule has 0 saturated carbocycles. The number of hydrogen-bond donors (Lipinski definition) is 1. The molecule has 0 amide bonds. The summed E-state index contributed by atoms with van der Waals surface area (Å²) >= 11 is 6.35. The summed E-state index contributed by atoms with van der Waals surface area (Å²) in [5.74, 6) is -0.507. The average Bonchev–Trinajstić information content (AvgIpc) is 2.97. The van der Waals surface area contributed by atoms with Gasteiger partial charge in [-0.3, -0.25) is 13.9 Å². The molecule has 4 aromatic carbocycles. The molecule has 0 atom stereocenters. The summed E-state index contributed by atoms with van der Waals surface area (Å²) in [5.41, 5.74) is 1.52. The van der Waals surface area contributed by atoms with Crippen LogP contribution in [0, 0.1) is 0 Å². The Bertz CT molecular complexity index is 1750. The van der Waals surface area contributed by atoms with E-state index in [0.29, 0.717) is 21.7 Å². The number of carbonyl (C=O) groups is 1. The van der Waals surface area contributed by atoms with Crippen molar-refractivity contribution in [2.45, 2.75) is 12.6 Å². The SMILES string of the molecule is O=C(O)c1ccc(OC/C=C/Cn2c(=O)c3ccc(Cl)cc3n(C(c3ccccc3)c3ccccc3)c2=O)cc1. The highest BCUT2D eigenvalue weighted by atomic mass is 35.5. The number of ether oxygens (including phenoxy) is 1. The first-order valence-corrected chi connectivity index (χ1v) is 13.0. The average molecular weight is 553 g/mol. The lowest BCUT2D eigenvalue weighted by atomic mass is 9.98. The Hall–Kier alpha value is -4.88. The fourth-order valence-corrected chi connectivity index (χ4v) is 4.77. The summed E-state index contributed by atoms with van der Waals surface area (Å²) in [4.78, 5) is 38.5. The quantitative estimate of drug-likeness (QED) is 0.234. The van der Waals surface area contributed by atoms with Gasteiger partial charge in [-0.1, -0.05) is 78.3 Å². The molecule has 7 nitrogen and oxygen atoms in total. The van der Waals surface area contributed by atoms with Gasteiger partial charge in [0.25, 0.3) is 5.56 Å². The minimum absolute atomic E-state index is 0.0356. The van der Waals surface area contributed by atoms with Gasteiger partial charge in [0.2, 0.25) is 0 Å². The molecule has 0 aliphatic carbocycles. The Morgan fingerprint density at radius 2 is 1.48 bits per heavy atom. The molecule has 40 heavy (non-hydrogen) atoms. The highest BCUT2D eigenvalue weighted by molar-refractivity contribution is 6.31. The number of nitrogens with zero attached hydrogens (tertiary/aromatic N) is 2. The maximum Gasteiger partial charge on any atom is 0.335 e. The number of aromatic carboxylic acids is 1.